The smallest absolute Gasteiger partial charge is 0.337 e. The van der Waals surface area contributed by atoms with Crippen molar-refractivity contribution in [3.8, 4) is 5.75 Å². The van der Waals surface area contributed by atoms with Crippen LogP contribution in [0.5, 0.6) is 5.75 Å². The molecule has 0 amide bonds. The number of esters is 1. The number of likely N-dealkylation sites (tertiary alicyclic amines) is 1. The number of rotatable bonds is 8. The third kappa shape index (κ3) is 5.00. The second-order valence-corrected chi connectivity index (χ2v) is 9.09. The fourth-order valence-electron chi connectivity index (χ4n) is 3.82. The molecule has 1 N–H and O–H groups in total. The zero-order chi connectivity index (χ0) is 21.7. The summed E-state index contributed by atoms with van der Waals surface area (Å²) in [4.78, 5) is 14.1. The first-order valence-electron chi connectivity index (χ1n) is 9.92. The lowest BCUT2D eigenvalue weighted by Gasteiger charge is -2.28. The molecule has 3 rings (SSSR count). The Kier molecular flexibility index (Phi) is 7.12. The molecule has 0 radical (unpaired) electrons. The fourth-order valence-corrected chi connectivity index (χ4v) is 5.08. The summed E-state index contributed by atoms with van der Waals surface area (Å²) in [7, 11) is -0.837. The number of benzene rings is 2. The quantitative estimate of drug-likeness (QED) is 0.646. The van der Waals surface area contributed by atoms with E-state index in [0.717, 1.165) is 37.2 Å². The van der Waals surface area contributed by atoms with Gasteiger partial charge >= 0.3 is 5.97 Å². The van der Waals surface area contributed by atoms with Crippen LogP contribution in [0.4, 0.5) is 0 Å². The van der Waals surface area contributed by atoms with Crippen LogP contribution >= 0.6 is 0 Å². The first-order chi connectivity index (χ1) is 14.4. The van der Waals surface area contributed by atoms with Crippen molar-refractivity contribution >= 4 is 16.0 Å². The molecule has 1 aliphatic rings. The molecule has 1 unspecified atom stereocenters. The molecule has 30 heavy (non-hydrogen) atoms. The van der Waals surface area contributed by atoms with E-state index in [4.69, 9.17) is 9.47 Å². The number of nitrogens with zero attached hydrogens (tertiary/aromatic N) is 1. The van der Waals surface area contributed by atoms with Gasteiger partial charge in [0.15, 0.2) is 0 Å². The minimum Gasteiger partial charge on any atom is -0.497 e. The Bertz CT molecular complexity index is 1000. The summed E-state index contributed by atoms with van der Waals surface area (Å²) in [6, 6.07) is 12.1. The van der Waals surface area contributed by atoms with Gasteiger partial charge in [0.1, 0.15) is 5.75 Å². The van der Waals surface area contributed by atoms with E-state index in [0.29, 0.717) is 11.1 Å². The largest absolute Gasteiger partial charge is 0.497 e. The van der Waals surface area contributed by atoms with Gasteiger partial charge in [-0.05, 0) is 74.3 Å². The van der Waals surface area contributed by atoms with Crippen molar-refractivity contribution in [2.45, 2.75) is 30.7 Å². The van der Waals surface area contributed by atoms with E-state index in [-0.39, 0.29) is 17.5 Å². The zero-order valence-corrected chi connectivity index (χ0v) is 18.4. The highest BCUT2D eigenvalue weighted by Gasteiger charge is 2.26. The zero-order valence-electron chi connectivity index (χ0n) is 17.6. The Morgan fingerprint density at radius 3 is 2.50 bits per heavy atom. The fraction of sp³-hybridized carbons (Fsp3) is 0.409. The minimum absolute atomic E-state index is 0.0907. The summed E-state index contributed by atoms with van der Waals surface area (Å²) < 4.78 is 38.8. The number of carbonyl (C=O) groups is 1. The molecule has 1 atom stereocenters. The van der Waals surface area contributed by atoms with Crippen molar-refractivity contribution < 1.29 is 22.7 Å². The number of ether oxygens (including phenoxy) is 2. The molecule has 2 aromatic carbocycles. The number of hydrogen-bond donors (Lipinski definition) is 1. The molecule has 8 heteroatoms. The van der Waals surface area contributed by atoms with E-state index in [1.807, 2.05) is 24.3 Å². The summed E-state index contributed by atoms with van der Waals surface area (Å²) in [5.74, 6) is 0.246. The number of nitrogens with one attached hydrogen (secondary N) is 1. The van der Waals surface area contributed by atoms with Crippen LogP contribution in [0.25, 0.3) is 0 Å². The van der Waals surface area contributed by atoms with Crippen molar-refractivity contribution in [3.05, 3.63) is 59.2 Å². The molecule has 1 fully saturated rings. The summed E-state index contributed by atoms with van der Waals surface area (Å²) >= 11 is 0. The van der Waals surface area contributed by atoms with E-state index in [2.05, 4.69) is 9.62 Å². The lowest BCUT2D eigenvalue weighted by atomic mass is 10.1. The van der Waals surface area contributed by atoms with Crippen molar-refractivity contribution in [2.24, 2.45) is 0 Å². The number of hydrogen-bond acceptors (Lipinski definition) is 6. The van der Waals surface area contributed by atoms with Gasteiger partial charge in [-0.2, -0.15) is 0 Å². The van der Waals surface area contributed by atoms with Crippen LogP contribution in [0.3, 0.4) is 0 Å². The van der Waals surface area contributed by atoms with Gasteiger partial charge in [0, 0.05) is 12.6 Å². The monoisotopic (exact) mass is 432 g/mol. The van der Waals surface area contributed by atoms with Crippen LogP contribution < -0.4 is 9.46 Å². The van der Waals surface area contributed by atoms with E-state index in [9.17, 15) is 13.2 Å². The lowest BCUT2D eigenvalue weighted by Crippen LogP contribution is -2.37. The summed E-state index contributed by atoms with van der Waals surface area (Å²) in [5, 5.41) is 0. The van der Waals surface area contributed by atoms with Gasteiger partial charge in [0.05, 0.1) is 24.7 Å². The Morgan fingerprint density at radius 1 is 1.13 bits per heavy atom. The third-order valence-corrected chi connectivity index (χ3v) is 7.00. The van der Waals surface area contributed by atoms with Crippen molar-refractivity contribution in [3.63, 3.8) is 0 Å². The van der Waals surface area contributed by atoms with Gasteiger partial charge < -0.3 is 9.47 Å². The highest BCUT2D eigenvalue weighted by atomic mass is 32.2. The van der Waals surface area contributed by atoms with Crippen molar-refractivity contribution in [1.82, 2.24) is 9.62 Å². The maximum Gasteiger partial charge on any atom is 0.337 e. The molecule has 2 aromatic rings. The van der Waals surface area contributed by atoms with Crippen LogP contribution in [0, 0.1) is 6.92 Å². The second kappa shape index (κ2) is 9.59. The molecule has 0 spiro atoms. The summed E-state index contributed by atoms with van der Waals surface area (Å²) in [5.41, 5.74) is 1.82. The lowest BCUT2D eigenvalue weighted by molar-refractivity contribution is 0.0600. The van der Waals surface area contributed by atoms with E-state index < -0.39 is 16.0 Å². The first kappa shape index (κ1) is 22.3. The molecule has 162 valence electrons. The van der Waals surface area contributed by atoms with Gasteiger partial charge in [-0.15, -0.1) is 0 Å². The number of carbonyl (C=O) groups excluding carboxylic acids is 1. The van der Waals surface area contributed by atoms with Gasteiger partial charge in [-0.1, -0.05) is 12.1 Å². The average Bonchev–Trinajstić information content (AvgIpc) is 3.27. The maximum atomic E-state index is 13.0. The van der Waals surface area contributed by atoms with Crippen LogP contribution in [0.1, 0.15) is 40.4 Å². The highest BCUT2D eigenvalue weighted by molar-refractivity contribution is 7.89. The normalized spacial score (nSPS) is 15.7. The average molecular weight is 433 g/mol. The first-order valence-corrected chi connectivity index (χ1v) is 11.4. The molecule has 0 saturated carbocycles. The highest BCUT2D eigenvalue weighted by Crippen LogP contribution is 2.28. The number of aryl methyl sites for hydroxylation is 1. The van der Waals surface area contributed by atoms with Gasteiger partial charge in [0.25, 0.3) is 0 Å². The predicted octanol–water partition coefficient (Wildman–Crippen LogP) is 2.91. The Balaban J connectivity index is 1.82. The minimum atomic E-state index is -3.75. The van der Waals surface area contributed by atoms with E-state index >= 15 is 0 Å². The van der Waals surface area contributed by atoms with E-state index in [1.54, 1.807) is 14.0 Å². The molecule has 0 aromatic heterocycles. The van der Waals surface area contributed by atoms with Crippen LogP contribution in [-0.4, -0.2) is 53.1 Å². The standard InChI is InChI=1S/C22H28N2O5S/c1-16-13-18(22(25)29-3)9-10-21(16)30(26,27)23-15-20(24-11-4-5-12-24)17-7-6-8-19(14-17)28-2/h6-10,13-14,20,23H,4-5,11-12,15H2,1-3H3. The predicted molar refractivity (Wildman–Crippen MR) is 114 cm³/mol. The molecule has 1 heterocycles. The maximum absolute atomic E-state index is 13.0. The second-order valence-electron chi connectivity index (χ2n) is 7.36. The van der Waals surface area contributed by atoms with Crippen LogP contribution in [-0.2, 0) is 14.8 Å². The molecule has 1 saturated heterocycles. The molecule has 1 aliphatic heterocycles. The third-order valence-electron chi connectivity index (χ3n) is 5.41. The van der Waals surface area contributed by atoms with Crippen LogP contribution in [0.15, 0.2) is 47.4 Å². The van der Waals surface area contributed by atoms with Crippen molar-refractivity contribution in [2.75, 3.05) is 33.9 Å². The number of sulfonamides is 1. The Morgan fingerprint density at radius 2 is 1.87 bits per heavy atom. The van der Waals surface area contributed by atoms with Crippen molar-refractivity contribution in [1.29, 1.82) is 0 Å². The summed E-state index contributed by atoms with van der Waals surface area (Å²) in [6.07, 6.45) is 2.20. The molecule has 0 aliphatic carbocycles. The Hall–Kier alpha value is -2.42. The molecular weight excluding hydrogens is 404 g/mol. The molecular formula is C22H28N2O5S. The number of methoxy groups -OCH3 is 2. The van der Waals surface area contributed by atoms with Gasteiger partial charge in [-0.25, -0.2) is 17.9 Å². The van der Waals surface area contributed by atoms with Gasteiger partial charge in [-0.3, -0.25) is 4.90 Å². The Labute approximate surface area is 178 Å². The molecule has 7 nitrogen and oxygen atoms in total. The van der Waals surface area contributed by atoms with E-state index in [1.165, 1.54) is 25.3 Å². The summed E-state index contributed by atoms with van der Waals surface area (Å²) in [6.45, 7) is 3.77. The van der Waals surface area contributed by atoms with Gasteiger partial charge in [0.2, 0.25) is 10.0 Å². The SMILES string of the molecule is COC(=O)c1ccc(S(=O)(=O)NCC(c2cccc(OC)c2)N2CCCC2)c(C)c1. The van der Waals surface area contributed by atoms with Crippen LogP contribution in [0.2, 0.25) is 0 Å². The topological polar surface area (TPSA) is 84.9 Å². The molecule has 0 bridgehead atoms.